The van der Waals surface area contributed by atoms with E-state index in [0.717, 1.165) is 39.3 Å². The highest BCUT2D eigenvalue weighted by atomic mass is 16.3. The first-order valence-corrected chi connectivity index (χ1v) is 7.57. The molecule has 0 bridgehead atoms. The van der Waals surface area contributed by atoms with Gasteiger partial charge in [-0.05, 0) is 27.7 Å². The monoisotopic (exact) mass is 280 g/mol. The zero-order valence-electron chi connectivity index (χ0n) is 13.2. The van der Waals surface area contributed by atoms with E-state index in [1.807, 2.05) is 24.7 Å². The zero-order chi connectivity index (χ0) is 14.8. The molecule has 0 saturated carbocycles. The van der Waals surface area contributed by atoms with E-state index in [2.05, 4.69) is 34.9 Å². The van der Waals surface area contributed by atoms with Crippen molar-refractivity contribution in [2.75, 3.05) is 26.2 Å². The number of hydrogen-bond donors (Lipinski definition) is 1. The van der Waals surface area contributed by atoms with Crippen LogP contribution in [0.5, 0.6) is 0 Å². The normalized spacial score (nSPS) is 22.4. The molecule has 5 heteroatoms. The van der Waals surface area contributed by atoms with E-state index in [4.69, 9.17) is 0 Å². The van der Waals surface area contributed by atoms with Crippen molar-refractivity contribution in [3.8, 4) is 0 Å². The SMILES string of the molecule is CCn1cc(CN2CCN(CC(C)(C)O)[C@H](C)C2)cn1. The Morgan fingerprint density at radius 3 is 2.70 bits per heavy atom. The van der Waals surface area contributed by atoms with Crippen molar-refractivity contribution < 1.29 is 5.11 Å². The third-order valence-electron chi connectivity index (χ3n) is 3.86. The number of nitrogens with zero attached hydrogens (tertiary/aromatic N) is 4. The van der Waals surface area contributed by atoms with Crippen molar-refractivity contribution in [3.63, 3.8) is 0 Å². The van der Waals surface area contributed by atoms with Crippen LogP contribution in [0.3, 0.4) is 0 Å². The van der Waals surface area contributed by atoms with Gasteiger partial charge in [0.1, 0.15) is 0 Å². The Balaban J connectivity index is 1.85. The van der Waals surface area contributed by atoms with Gasteiger partial charge in [0.15, 0.2) is 0 Å². The number of piperazine rings is 1. The van der Waals surface area contributed by atoms with Crippen molar-refractivity contribution in [1.82, 2.24) is 19.6 Å². The first-order valence-electron chi connectivity index (χ1n) is 7.57. The van der Waals surface area contributed by atoms with E-state index in [0.29, 0.717) is 6.04 Å². The van der Waals surface area contributed by atoms with Crippen LogP contribution in [0.4, 0.5) is 0 Å². The summed E-state index contributed by atoms with van der Waals surface area (Å²) < 4.78 is 1.98. The average molecular weight is 280 g/mol. The topological polar surface area (TPSA) is 44.5 Å². The fourth-order valence-electron chi connectivity index (χ4n) is 2.87. The largest absolute Gasteiger partial charge is 0.389 e. The second-order valence-corrected chi connectivity index (χ2v) is 6.57. The van der Waals surface area contributed by atoms with Gasteiger partial charge in [0.25, 0.3) is 0 Å². The Kier molecular flexibility index (Phi) is 4.83. The van der Waals surface area contributed by atoms with Gasteiger partial charge in [-0.3, -0.25) is 14.5 Å². The quantitative estimate of drug-likeness (QED) is 0.880. The predicted molar refractivity (Wildman–Crippen MR) is 80.5 cm³/mol. The number of rotatable bonds is 5. The Hall–Kier alpha value is -0.910. The zero-order valence-corrected chi connectivity index (χ0v) is 13.2. The molecule has 1 aromatic rings. The van der Waals surface area contributed by atoms with Gasteiger partial charge < -0.3 is 5.11 Å². The molecule has 0 unspecified atom stereocenters. The highest BCUT2D eigenvalue weighted by Gasteiger charge is 2.27. The van der Waals surface area contributed by atoms with Crippen LogP contribution in [-0.2, 0) is 13.1 Å². The Labute approximate surface area is 122 Å². The van der Waals surface area contributed by atoms with Crippen LogP contribution in [0.15, 0.2) is 12.4 Å². The first-order chi connectivity index (χ1) is 9.37. The molecular weight excluding hydrogens is 252 g/mol. The van der Waals surface area contributed by atoms with E-state index in [1.165, 1.54) is 5.56 Å². The Bertz CT molecular complexity index is 424. The summed E-state index contributed by atoms with van der Waals surface area (Å²) in [5, 5.41) is 14.3. The molecule has 0 aromatic carbocycles. The maximum atomic E-state index is 9.95. The van der Waals surface area contributed by atoms with E-state index in [9.17, 15) is 5.11 Å². The van der Waals surface area contributed by atoms with Gasteiger partial charge >= 0.3 is 0 Å². The molecule has 1 aliphatic rings. The van der Waals surface area contributed by atoms with Crippen LogP contribution in [0.25, 0.3) is 0 Å². The summed E-state index contributed by atoms with van der Waals surface area (Å²) in [6.45, 7) is 13.9. The van der Waals surface area contributed by atoms with Crippen LogP contribution < -0.4 is 0 Å². The Morgan fingerprint density at radius 1 is 1.40 bits per heavy atom. The molecule has 1 saturated heterocycles. The number of aryl methyl sites for hydroxylation is 1. The molecule has 0 spiro atoms. The van der Waals surface area contributed by atoms with Crippen LogP contribution in [0.2, 0.25) is 0 Å². The second-order valence-electron chi connectivity index (χ2n) is 6.57. The molecule has 0 radical (unpaired) electrons. The highest BCUT2D eigenvalue weighted by molar-refractivity contribution is 5.04. The fraction of sp³-hybridized carbons (Fsp3) is 0.800. The predicted octanol–water partition coefficient (Wildman–Crippen LogP) is 1.18. The van der Waals surface area contributed by atoms with Crippen molar-refractivity contribution in [2.24, 2.45) is 0 Å². The third kappa shape index (κ3) is 4.30. The third-order valence-corrected chi connectivity index (χ3v) is 3.86. The molecule has 2 rings (SSSR count). The Morgan fingerprint density at radius 2 is 2.15 bits per heavy atom. The lowest BCUT2D eigenvalue weighted by atomic mass is 10.1. The number of aromatic nitrogens is 2. The van der Waals surface area contributed by atoms with Crippen LogP contribution >= 0.6 is 0 Å². The van der Waals surface area contributed by atoms with Gasteiger partial charge in [-0.2, -0.15) is 5.10 Å². The molecule has 0 amide bonds. The van der Waals surface area contributed by atoms with Crippen molar-refractivity contribution >= 4 is 0 Å². The van der Waals surface area contributed by atoms with Gasteiger partial charge in [-0.15, -0.1) is 0 Å². The smallest absolute Gasteiger partial charge is 0.0718 e. The van der Waals surface area contributed by atoms with Crippen molar-refractivity contribution in [1.29, 1.82) is 0 Å². The number of β-amino-alcohol motifs (C(OH)–C–C–N with tert-alkyl or cyclic N) is 1. The fourth-order valence-corrected chi connectivity index (χ4v) is 2.87. The lowest BCUT2D eigenvalue weighted by molar-refractivity contribution is -0.00506. The summed E-state index contributed by atoms with van der Waals surface area (Å²) in [6, 6.07) is 0.483. The van der Waals surface area contributed by atoms with Crippen molar-refractivity contribution in [2.45, 2.75) is 52.4 Å². The molecule has 1 N–H and O–H groups in total. The second kappa shape index (κ2) is 6.24. The van der Waals surface area contributed by atoms with Gasteiger partial charge in [0, 0.05) is 57.1 Å². The van der Waals surface area contributed by atoms with E-state index in [-0.39, 0.29) is 0 Å². The molecule has 2 heterocycles. The van der Waals surface area contributed by atoms with E-state index >= 15 is 0 Å². The standard InChI is InChI=1S/C15H28N4O/c1-5-19-11-14(8-16-19)10-17-6-7-18(13(2)9-17)12-15(3,4)20/h8,11,13,20H,5-7,9-10,12H2,1-4H3/t13-/m1/s1. The van der Waals surface area contributed by atoms with Gasteiger partial charge in [-0.1, -0.05) is 0 Å². The lowest BCUT2D eigenvalue weighted by Gasteiger charge is -2.42. The molecule has 5 nitrogen and oxygen atoms in total. The molecule has 1 aliphatic heterocycles. The maximum absolute atomic E-state index is 9.95. The summed E-state index contributed by atoms with van der Waals surface area (Å²) >= 11 is 0. The number of hydrogen-bond acceptors (Lipinski definition) is 4. The molecule has 0 aliphatic carbocycles. The molecule has 20 heavy (non-hydrogen) atoms. The van der Waals surface area contributed by atoms with Crippen LogP contribution in [-0.4, -0.2) is 62.5 Å². The average Bonchev–Trinajstić information content (AvgIpc) is 2.79. The molecular formula is C15H28N4O. The summed E-state index contributed by atoms with van der Waals surface area (Å²) in [6.07, 6.45) is 4.10. The lowest BCUT2D eigenvalue weighted by Crippen LogP contribution is -2.54. The van der Waals surface area contributed by atoms with Gasteiger partial charge in [0.2, 0.25) is 0 Å². The molecule has 114 valence electrons. The number of aliphatic hydroxyl groups is 1. The van der Waals surface area contributed by atoms with Crippen LogP contribution in [0, 0.1) is 0 Å². The van der Waals surface area contributed by atoms with E-state index in [1.54, 1.807) is 0 Å². The summed E-state index contributed by atoms with van der Waals surface area (Å²) in [4.78, 5) is 4.86. The maximum Gasteiger partial charge on any atom is 0.0718 e. The molecule has 1 atom stereocenters. The minimum atomic E-state index is -0.612. The van der Waals surface area contributed by atoms with Crippen molar-refractivity contribution in [3.05, 3.63) is 18.0 Å². The molecule has 1 fully saturated rings. The summed E-state index contributed by atoms with van der Waals surface area (Å²) in [5.41, 5.74) is 0.675. The van der Waals surface area contributed by atoms with Crippen LogP contribution in [0.1, 0.15) is 33.3 Å². The first kappa shape index (κ1) is 15.5. The summed E-state index contributed by atoms with van der Waals surface area (Å²) in [7, 11) is 0. The summed E-state index contributed by atoms with van der Waals surface area (Å²) in [5.74, 6) is 0. The van der Waals surface area contributed by atoms with E-state index < -0.39 is 5.60 Å². The highest BCUT2D eigenvalue weighted by Crippen LogP contribution is 2.15. The molecule has 1 aromatic heterocycles. The van der Waals surface area contributed by atoms with Gasteiger partial charge in [-0.25, -0.2) is 0 Å². The van der Waals surface area contributed by atoms with Gasteiger partial charge in [0.05, 0.1) is 11.8 Å². The minimum Gasteiger partial charge on any atom is -0.389 e. The minimum absolute atomic E-state index is 0.483.